The number of carbonyl (C=O) groups is 1. The first kappa shape index (κ1) is 11.5. The Morgan fingerprint density at radius 2 is 2.29 bits per heavy atom. The Balaban J connectivity index is 2.54. The van der Waals surface area contributed by atoms with Crippen molar-refractivity contribution in [2.24, 2.45) is 0 Å². The fraction of sp³-hybridized carbons (Fsp3) is 0.900. The van der Waals surface area contributed by atoms with Gasteiger partial charge < -0.3 is 10.0 Å². The minimum absolute atomic E-state index is 0.163. The summed E-state index contributed by atoms with van der Waals surface area (Å²) >= 11 is 0. The molecule has 0 aromatic carbocycles. The minimum Gasteiger partial charge on any atom is -0.480 e. The fourth-order valence-electron chi connectivity index (χ4n) is 2.07. The van der Waals surface area contributed by atoms with Crippen LogP contribution in [0.3, 0.4) is 0 Å². The van der Waals surface area contributed by atoms with Gasteiger partial charge in [-0.2, -0.15) is 0 Å². The van der Waals surface area contributed by atoms with Crippen molar-refractivity contribution in [2.75, 3.05) is 26.7 Å². The van der Waals surface area contributed by atoms with Crippen molar-refractivity contribution in [3.05, 3.63) is 0 Å². The van der Waals surface area contributed by atoms with Crippen molar-refractivity contribution in [1.29, 1.82) is 0 Å². The second-order valence-electron chi connectivity index (χ2n) is 4.36. The Kier molecular flexibility index (Phi) is 3.89. The molecule has 0 amide bonds. The molecule has 1 heterocycles. The number of carboxylic acid groups (broad SMARTS) is 1. The second kappa shape index (κ2) is 4.75. The summed E-state index contributed by atoms with van der Waals surface area (Å²) < 4.78 is 0. The van der Waals surface area contributed by atoms with Gasteiger partial charge in [0.25, 0.3) is 0 Å². The molecule has 4 heteroatoms. The highest BCUT2D eigenvalue weighted by Gasteiger charge is 2.28. The predicted octanol–water partition coefficient (Wildman–Crippen LogP) is 0.486. The zero-order valence-electron chi connectivity index (χ0n) is 9.23. The highest BCUT2D eigenvalue weighted by Crippen LogP contribution is 2.16. The van der Waals surface area contributed by atoms with Crippen LogP contribution in [0.2, 0.25) is 0 Å². The maximum atomic E-state index is 10.7. The summed E-state index contributed by atoms with van der Waals surface area (Å²) in [5.41, 5.74) is 0. The van der Waals surface area contributed by atoms with Gasteiger partial charge in [0.2, 0.25) is 0 Å². The van der Waals surface area contributed by atoms with Gasteiger partial charge in [0.1, 0.15) is 0 Å². The molecule has 0 aromatic heterocycles. The molecule has 4 nitrogen and oxygen atoms in total. The van der Waals surface area contributed by atoms with Crippen molar-refractivity contribution in [3.63, 3.8) is 0 Å². The molecule has 1 aliphatic rings. The first-order chi connectivity index (χ1) is 6.50. The molecule has 14 heavy (non-hydrogen) atoms. The van der Waals surface area contributed by atoms with E-state index in [0.717, 1.165) is 19.5 Å². The van der Waals surface area contributed by atoms with Gasteiger partial charge in [-0.1, -0.05) is 0 Å². The van der Waals surface area contributed by atoms with Crippen LogP contribution < -0.4 is 0 Å². The average molecular weight is 200 g/mol. The smallest absolute Gasteiger partial charge is 0.317 e. The summed E-state index contributed by atoms with van der Waals surface area (Å²) in [6.07, 6.45) is 1.09. The van der Waals surface area contributed by atoms with Gasteiger partial charge in [-0.15, -0.1) is 0 Å². The van der Waals surface area contributed by atoms with Crippen molar-refractivity contribution in [3.8, 4) is 0 Å². The minimum atomic E-state index is -0.728. The zero-order valence-corrected chi connectivity index (χ0v) is 9.23. The quantitative estimate of drug-likeness (QED) is 0.717. The topological polar surface area (TPSA) is 43.8 Å². The van der Waals surface area contributed by atoms with Crippen LogP contribution in [0.25, 0.3) is 0 Å². The molecular weight excluding hydrogens is 180 g/mol. The number of rotatable bonds is 4. The lowest BCUT2D eigenvalue weighted by Gasteiger charge is -2.30. The van der Waals surface area contributed by atoms with Crippen LogP contribution in [-0.2, 0) is 4.79 Å². The molecule has 0 radical (unpaired) electrons. The molecule has 0 aromatic rings. The maximum Gasteiger partial charge on any atom is 0.317 e. The van der Waals surface area contributed by atoms with Crippen LogP contribution in [0.4, 0.5) is 0 Å². The lowest BCUT2D eigenvalue weighted by Crippen LogP contribution is -2.44. The maximum absolute atomic E-state index is 10.7. The number of nitrogens with zero attached hydrogens (tertiary/aromatic N) is 2. The third-order valence-electron chi connectivity index (χ3n) is 2.82. The number of carboxylic acids is 1. The Morgan fingerprint density at radius 3 is 2.64 bits per heavy atom. The average Bonchev–Trinajstić information content (AvgIpc) is 2.46. The molecule has 0 aliphatic carbocycles. The third-order valence-corrected chi connectivity index (χ3v) is 2.82. The van der Waals surface area contributed by atoms with Crippen molar-refractivity contribution < 1.29 is 9.90 Å². The summed E-state index contributed by atoms with van der Waals surface area (Å²) in [5, 5.41) is 8.80. The van der Waals surface area contributed by atoms with Gasteiger partial charge in [-0.3, -0.25) is 9.69 Å². The SMILES string of the molecule is CC(C)N(CC(=O)O)C1CCN(C)C1. The summed E-state index contributed by atoms with van der Waals surface area (Å²) in [4.78, 5) is 15.0. The van der Waals surface area contributed by atoms with Gasteiger partial charge >= 0.3 is 5.97 Å². The third kappa shape index (κ3) is 2.96. The van der Waals surface area contributed by atoms with E-state index in [0.29, 0.717) is 12.1 Å². The molecule has 0 spiro atoms. The summed E-state index contributed by atoms with van der Waals surface area (Å²) in [6.45, 7) is 6.34. The monoisotopic (exact) mass is 200 g/mol. The van der Waals surface area contributed by atoms with Crippen LogP contribution in [0.5, 0.6) is 0 Å². The molecule has 1 atom stereocenters. The molecule has 1 fully saturated rings. The lowest BCUT2D eigenvalue weighted by molar-refractivity contribution is -0.139. The summed E-state index contributed by atoms with van der Waals surface area (Å²) in [6, 6.07) is 0.721. The van der Waals surface area contributed by atoms with Crippen molar-refractivity contribution in [1.82, 2.24) is 9.80 Å². The number of hydrogen-bond donors (Lipinski definition) is 1. The normalized spacial score (nSPS) is 23.6. The highest BCUT2D eigenvalue weighted by molar-refractivity contribution is 5.69. The van der Waals surface area contributed by atoms with Gasteiger partial charge in [0, 0.05) is 18.6 Å². The Bertz CT molecular complexity index is 206. The molecular formula is C10H20N2O2. The summed E-state index contributed by atoms with van der Waals surface area (Å²) in [7, 11) is 2.08. The number of likely N-dealkylation sites (N-methyl/N-ethyl adjacent to an activating group) is 1. The Morgan fingerprint density at radius 1 is 1.64 bits per heavy atom. The van der Waals surface area contributed by atoms with Crippen LogP contribution in [0.15, 0.2) is 0 Å². The van der Waals surface area contributed by atoms with Crippen LogP contribution in [0.1, 0.15) is 20.3 Å². The van der Waals surface area contributed by atoms with E-state index in [1.54, 1.807) is 0 Å². The summed E-state index contributed by atoms with van der Waals surface area (Å²) in [5.74, 6) is -0.728. The van der Waals surface area contributed by atoms with Gasteiger partial charge in [-0.25, -0.2) is 0 Å². The van der Waals surface area contributed by atoms with Crippen LogP contribution >= 0.6 is 0 Å². The second-order valence-corrected chi connectivity index (χ2v) is 4.36. The van der Waals surface area contributed by atoms with E-state index in [-0.39, 0.29) is 6.54 Å². The first-order valence-electron chi connectivity index (χ1n) is 5.16. The van der Waals surface area contributed by atoms with Crippen molar-refractivity contribution >= 4 is 5.97 Å². The Labute approximate surface area is 85.5 Å². The standard InChI is InChI=1S/C10H20N2O2/c1-8(2)12(7-10(13)14)9-4-5-11(3)6-9/h8-9H,4-7H2,1-3H3,(H,13,14). The van der Waals surface area contributed by atoms with E-state index in [2.05, 4.69) is 30.7 Å². The van der Waals surface area contributed by atoms with E-state index in [4.69, 9.17) is 5.11 Å². The van der Waals surface area contributed by atoms with Crippen LogP contribution in [-0.4, -0.2) is 59.6 Å². The van der Waals surface area contributed by atoms with E-state index in [1.165, 1.54) is 0 Å². The number of likely N-dealkylation sites (tertiary alicyclic amines) is 1. The van der Waals surface area contributed by atoms with Gasteiger partial charge in [0.05, 0.1) is 6.54 Å². The van der Waals surface area contributed by atoms with Gasteiger partial charge in [-0.05, 0) is 33.9 Å². The fourth-order valence-corrected chi connectivity index (χ4v) is 2.07. The Hall–Kier alpha value is -0.610. The molecule has 82 valence electrons. The first-order valence-corrected chi connectivity index (χ1v) is 5.16. The molecule has 1 aliphatic heterocycles. The molecule has 0 bridgehead atoms. The molecule has 1 N–H and O–H groups in total. The molecule has 1 rings (SSSR count). The van der Waals surface area contributed by atoms with E-state index in [9.17, 15) is 4.79 Å². The lowest BCUT2D eigenvalue weighted by atomic mass is 10.2. The number of hydrogen-bond acceptors (Lipinski definition) is 3. The van der Waals surface area contributed by atoms with Crippen molar-refractivity contribution in [2.45, 2.75) is 32.4 Å². The number of aliphatic carboxylic acids is 1. The van der Waals surface area contributed by atoms with E-state index in [1.807, 2.05) is 0 Å². The predicted molar refractivity (Wildman–Crippen MR) is 55.4 cm³/mol. The molecule has 1 saturated heterocycles. The van der Waals surface area contributed by atoms with Crippen LogP contribution in [0, 0.1) is 0 Å². The van der Waals surface area contributed by atoms with E-state index < -0.39 is 5.97 Å². The highest BCUT2D eigenvalue weighted by atomic mass is 16.4. The zero-order chi connectivity index (χ0) is 10.7. The van der Waals surface area contributed by atoms with E-state index >= 15 is 0 Å². The largest absolute Gasteiger partial charge is 0.480 e. The van der Waals surface area contributed by atoms with Gasteiger partial charge in [0.15, 0.2) is 0 Å². The molecule has 1 unspecified atom stereocenters. The molecule has 0 saturated carbocycles.